The van der Waals surface area contributed by atoms with E-state index in [0.717, 1.165) is 5.56 Å². The van der Waals surface area contributed by atoms with Gasteiger partial charge in [0, 0.05) is 6.07 Å². The summed E-state index contributed by atoms with van der Waals surface area (Å²) < 4.78 is 15.3. The van der Waals surface area contributed by atoms with Crippen LogP contribution in [0.1, 0.15) is 5.56 Å². The molecule has 0 atom stereocenters. The summed E-state index contributed by atoms with van der Waals surface area (Å²) in [7, 11) is 1.54. The number of esters is 1. The van der Waals surface area contributed by atoms with Gasteiger partial charge in [-0.2, -0.15) is 0 Å². The minimum atomic E-state index is -0.727. The van der Waals surface area contributed by atoms with Crippen molar-refractivity contribution in [2.45, 2.75) is 6.92 Å². The number of methoxy groups -OCH3 is 1. The molecule has 0 amide bonds. The molecule has 0 radical (unpaired) electrons. The van der Waals surface area contributed by atoms with Crippen molar-refractivity contribution < 1.29 is 23.9 Å². The van der Waals surface area contributed by atoms with Crippen molar-refractivity contribution in [3.8, 4) is 17.2 Å². The van der Waals surface area contributed by atoms with E-state index in [9.17, 15) is 14.9 Å². The van der Waals surface area contributed by atoms with Gasteiger partial charge in [0.15, 0.2) is 6.61 Å². The number of carbonyl (C=O) groups is 1. The molecule has 0 N–H and O–H groups in total. The smallest absolute Gasteiger partial charge is 0.349 e. The summed E-state index contributed by atoms with van der Waals surface area (Å²) in [6.07, 6.45) is 0. The molecule has 0 heterocycles. The second-order valence-corrected chi connectivity index (χ2v) is 4.67. The number of carbonyl (C=O) groups excluding carboxylic acids is 1. The lowest BCUT2D eigenvalue weighted by molar-refractivity contribution is -0.385. The zero-order valence-electron chi connectivity index (χ0n) is 12.6. The lowest BCUT2D eigenvalue weighted by Gasteiger charge is -2.08. The van der Waals surface area contributed by atoms with Crippen molar-refractivity contribution >= 4 is 11.7 Å². The molecule has 0 aliphatic rings. The quantitative estimate of drug-likeness (QED) is 0.352. The second kappa shape index (κ2) is 7.26. The first-order valence-corrected chi connectivity index (χ1v) is 6.72. The van der Waals surface area contributed by atoms with Gasteiger partial charge in [0.2, 0.25) is 5.75 Å². The van der Waals surface area contributed by atoms with Gasteiger partial charge in [0.25, 0.3) is 0 Å². The molecule has 0 spiro atoms. The van der Waals surface area contributed by atoms with E-state index in [-0.39, 0.29) is 18.0 Å². The molecule has 2 aromatic carbocycles. The summed E-state index contributed by atoms with van der Waals surface area (Å²) in [4.78, 5) is 22.1. The maximum Gasteiger partial charge on any atom is 0.349 e. The molecule has 2 aromatic rings. The van der Waals surface area contributed by atoms with Crippen molar-refractivity contribution in [2.75, 3.05) is 13.7 Å². The molecule has 0 saturated heterocycles. The van der Waals surface area contributed by atoms with Crippen LogP contribution in [0.25, 0.3) is 0 Å². The molecule has 0 unspecified atom stereocenters. The number of nitro benzene ring substituents is 1. The van der Waals surface area contributed by atoms with E-state index in [1.165, 1.54) is 12.1 Å². The highest BCUT2D eigenvalue weighted by molar-refractivity contribution is 5.75. The Balaban J connectivity index is 1.99. The summed E-state index contributed by atoms with van der Waals surface area (Å²) in [5.41, 5.74) is 0.475. The van der Waals surface area contributed by atoms with Gasteiger partial charge >= 0.3 is 11.7 Å². The lowest BCUT2D eigenvalue weighted by atomic mass is 10.2. The van der Waals surface area contributed by atoms with Crippen LogP contribution in [-0.4, -0.2) is 24.6 Å². The molecule has 120 valence electrons. The second-order valence-electron chi connectivity index (χ2n) is 4.67. The van der Waals surface area contributed by atoms with E-state index >= 15 is 0 Å². The molecule has 7 heteroatoms. The molecule has 23 heavy (non-hydrogen) atoms. The van der Waals surface area contributed by atoms with Gasteiger partial charge in [-0.1, -0.05) is 6.07 Å². The van der Waals surface area contributed by atoms with Gasteiger partial charge in [0.05, 0.1) is 12.0 Å². The third-order valence-electron chi connectivity index (χ3n) is 2.95. The van der Waals surface area contributed by atoms with Crippen LogP contribution in [0.4, 0.5) is 5.69 Å². The third kappa shape index (κ3) is 4.44. The van der Waals surface area contributed by atoms with Crippen LogP contribution >= 0.6 is 0 Å². The maximum absolute atomic E-state index is 11.8. The first kappa shape index (κ1) is 16.3. The molecule has 0 bridgehead atoms. The largest absolute Gasteiger partial charge is 0.497 e. The average Bonchev–Trinajstić information content (AvgIpc) is 2.53. The molecule has 7 nitrogen and oxygen atoms in total. The average molecular weight is 317 g/mol. The fourth-order valence-corrected chi connectivity index (χ4v) is 1.82. The van der Waals surface area contributed by atoms with Crippen molar-refractivity contribution in [1.29, 1.82) is 0 Å². The molecule has 2 rings (SSSR count). The van der Waals surface area contributed by atoms with Crippen molar-refractivity contribution in [3.05, 3.63) is 58.1 Å². The molecule has 0 aliphatic carbocycles. The van der Waals surface area contributed by atoms with Gasteiger partial charge < -0.3 is 14.2 Å². The Morgan fingerprint density at radius 3 is 2.39 bits per heavy atom. The maximum atomic E-state index is 11.8. The van der Waals surface area contributed by atoms with Gasteiger partial charge in [-0.15, -0.1) is 0 Å². The number of benzene rings is 2. The van der Waals surface area contributed by atoms with Gasteiger partial charge in [0.1, 0.15) is 11.5 Å². The summed E-state index contributed by atoms with van der Waals surface area (Å²) in [5.74, 6) is 0.296. The highest BCUT2D eigenvalue weighted by Crippen LogP contribution is 2.28. The normalized spacial score (nSPS) is 10.0. The number of nitro groups is 1. The fourth-order valence-electron chi connectivity index (χ4n) is 1.82. The Hall–Kier alpha value is -3.09. The highest BCUT2D eigenvalue weighted by Gasteiger charge is 2.18. The number of aryl methyl sites for hydroxylation is 1. The summed E-state index contributed by atoms with van der Waals surface area (Å²) in [5, 5.41) is 10.9. The number of ether oxygens (including phenoxy) is 3. The Labute approximate surface area is 132 Å². The predicted molar refractivity (Wildman–Crippen MR) is 82.0 cm³/mol. The lowest BCUT2D eigenvalue weighted by Crippen LogP contribution is -2.18. The van der Waals surface area contributed by atoms with Crippen LogP contribution in [0.2, 0.25) is 0 Å². The van der Waals surface area contributed by atoms with Crippen molar-refractivity contribution in [2.24, 2.45) is 0 Å². The Morgan fingerprint density at radius 1 is 1.13 bits per heavy atom. The Bertz CT molecular complexity index is 711. The molecule has 0 aliphatic heterocycles. The number of hydrogen-bond donors (Lipinski definition) is 0. The van der Waals surface area contributed by atoms with Crippen LogP contribution < -0.4 is 14.2 Å². The minimum Gasteiger partial charge on any atom is -0.497 e. The van der Waals surface area contributed by atoms with Crippen LogP contribution in [0, 0.1) is 17.0 Å². The Kier molecular flexibility index (Phi) is 5.14. The molecular formula is C16H15NO6. The van der Waals surface area contributed by atoms with Gasteiger partial charge in [-0.25, -0.2) is 4.79 Å². The van der Waals surface area contributed by atoms with Crippen LogP contribution in [-0.2, 0) is 4.79 Å². The monoisotopic (exact) mass is 317 g/mol. The zero-order chi connectivity index (χ0) is 16.8. The third-order valence-corrected chi connectivity index (χ3v) is 2.95. The molecular weight excluding hydrogens is 302 g/mol. The van der Waals surface area contributed by atoms with E-state index in [1.807, 2.05) is 0 Å². The number of nitrogens with zero attached hydrogens (tertiary/aromatic N) is 1. The van der Waals surface area contributed by atoms with Crippen molar-refractivity contribution in [3.63, 3.8) is 0 Å². The van der Waals surface area contributed by atoms with E-state index in [4.69, 9.17) is 14.2 Å². The van der Waals surface area contributed by atoms with E-state index in [1.54, 1.807) is 44.4 Å². The van der Waals surface area contributed by atoms with E-state index in [2.05, 4.69) is 0 Å². The standard InChI is InChI=1S/C16H15NO6/c1-11-3-8-14(17(19)20)15(9-11)23-16(18)10-22-13-6-4-12(21-2)5-7-13/h3-9H,10H2,1-2H3. The van der Waals surface area contributed by atoms with E-state index in [0.29, 0.717) is 11.5 Å². The van der Waals surface area contributed by atoms with Crippen molar-refractivity contribution in [1.82, 2.24) is 0 Å². The van der Waals surface area contributed by atoms with Crippen LogP contribution in [0.5, 0.6) is 17.2 Å². The fraction of sp³-hybridized carbons (Fsp3) is 0.188. The Morgan fingerprint density at radius 2 is 1.78 bits per heavy atom. The predicted octanol–water partition coefficient (Wildman–Crippen LogP) is 2.90. The van der Waals surface area contributed by atoms with Gasteiger partial charge in [-0.05, 0) is 42.8 Å². The van der Waals surface area contributed by atoms with E-state index < -0.39 is 10.9 Å². The molecule has 0 saturated carbocycles. The highest BCUT2D eigenvalue weighted by atomic mass is 16.6. The van der Waals surface area contributed by atoms with Gasteiger partial charge in [-0.3, -0.25) is 10.1 Å². The summed E-state index contributed by atoms with van der Waals surface area (Å²) in [6, 6.07) is 11.0. The summed E-state index contributed by atoms with van der Waals surface area (Å²) in [6.45, 7) is 1.38. The zero-order valence-corrected chi connectivity index (χ0v) is 12.6. The first-order chi connectivity index (χ1) is 11.0. The molecule has 0 aromatic heterocycles. The first-order valence-electron chi connectivity index (χ1n) is 6.72. The topological polar surface area (TPSA) is 87.9 Å². The minimum absolute atomic E-state index is 0.0988. The van der Waals surface area contributed by atoms with Crippen LogP contribution in [0.15, 0.2) is 42.5 Å². The SMILES string of the molecule is COc1ccc(OCC(=O)Oc2cc(C)ccc2[N+](=O)[O-])cc1. The number of rotatable bonds is 6. The number of hydrogen-bond acceptors (Lipinski definition) is 6. The summed E-state index contributed by atoms with van der Waals surface area (Å²) >= 11 is 0. The van der Waals surface area contributed by atoms with Crippen LogP contribution in [0.3, 0.4) is 0 Å². The molecule has 0 fully saturated rings.